The number of hydrogen-bond acceptors (Lipinski definition) is 6. The monoisotopic (exact) mass is 399 g/mol. The zero-order valence-electron chi connectivity index (χ0n) is 16.3. The van der Waals surface area contributed by atoms with Crippen LogP contribution in [0.4, 0.5) is 0 Å². The quantitative estimate of drug-likeness (QED) is 0.114. The molecule has 0 aromatic heterocycles. The molecular weight excluding hydrogens is 367 g/mol. The minimum Gasteiger partial charge on any atom is -0.726 e. The minimum atomic E-state index is -4.66. The van der Waals surface area contributed by atoms with Crippen LogP contribution in [0.15, 0.2) is 12.2 Å². The summed E-state index contributed by atoms with van der Waals surface area (Å²) in [6.07, 6.45) is 14.0. The topological polar surface area (TPSA) is 107 Å². The predicted octanol–water partition coefficient (Wildman–Crippen LogP) is 0.233. The van der Waals surface area contributed by atoms with Crippen molar-refractivity contribution in [3.05, 3.63) is 12.2 Å². The van der Waals surface area contributed by atoms with Gasteiger partial charge in [0.2, 0.25) is 10.4 Å². The second-order valence-electron chi connectivity index (χ2n) is 6.36. The Labute approximate surface area is 181 Å². The molecule has 0 radical (unpaired) electrons. The molecule has 0 saturated carbocycles. The Balaban J connectivity index is 0. The maximum atomic E-state index is 10.8. The van der Waals surface area contributed by atoms with Gasteiger partial charge in [0.05, 0.1) is 6.10 Å². The molecule has 148 valence electrons. The fourth-order valence-corrected chi connectivity index (χ4v) is 3.11. The van der Waals surface area contributed by atoms with Crippen LogP contribution in [0.3, 0.4) is 0 Å². The molecule has 1 atom stereocenters. The van der Waals surface area contributed by atoms with E-state index in [1.807, 2.05) is 12.2 Å². The molecule has 0 aromatic rings. The second kappa shape index (κ2) is 18.4. The van der Waals surface area contributed by atoms with E-state index in [0.717, 1.165) is 57.8 Å². The maximum absolute atomic E-state index is 10.8. The maximum Gasteiger partial charge on any atom is 1.00 e. The summed E-state index contributed by atoms with van der Waals surface area (Å²) in [6.45, 7) is 2.10. The summed E-state index contributed by atoms with van der Waals surface area (Å²) in [5, 5.41) is 10.3. The molecule has 0 aromatic carbocycles. The molecule has 0 heterocycles. The van der Waals surface area contributed by atoms with E-state index in [1.165, 1.54) is 0 Å². The fourth-order valence-electron chi connectivity index (χ4n) is 2.60. The number of aliphatic carboxylic acids is 1. The van der Waals surface area contributed by atoms with E-state index in [0.29, 0.717) is 19.3 Å². The van der Waals surface area contributed by atoms with Gasteiger partial charge in [-0.15, -0.1) is 0 Å². The van der Waals surface area contributed by atoms with Crippen molar-refractivity contribution in [2.75, 3.05) is 0 Å². The van der Waals surface area contributed by atoms with Crippen LogP contribution >= 0.6 is 0 Å². The predicted molar refractivity (Wildman–Crippen MR) is 94.4 cm³/mol. The smallest absolute Gasteiger partial charge is 0.726 e. The second-order valence-corrected chi connectivity index (χ2v) is 7.37. The van der Waals surface area contributed by atoms with Gasteiger partial charge in [-0.25, -0.2) is 8.42 Å². The SMILES string of the molecule is CCCCCC[C@H](C/C=C\CCCCCCCC(=O)[O-])OS(=O)(=O)[O-].[Na+]. The first kappa shape index (κ1) is 28.3. The van der Waals surface area contributed by atoms with Gasteiger partial charge in [0.15, 0.2) is 0 Å². The molecule has 26 heavy (non-hydrogen) atoms. The summed E-state index contributed by atoms with van der Waals surface area (Å²) < 4.78 is 37.0. The molecule has 0 amide bonds. The third-order valence-electron chi connectivity index (χ3n) is 3.95. The Morgan fingerprint density at radius 2 is 1.62 bits per heavy atom. The summed E-state index contributed by atoms with van der Waals surface area (Å²) in [5.74, 6) is -0.991. The largest absolute Gasteiger partial charge is 1.00 e. The fraction of sp³-hybridized carbons (Fsp3) is 0.833. The molecule has 0 aliphatic heterocycles. The number of rotatable bonds is 17. The van der Waals surface area contributed by atoms with E-state index in [4.69, 9.17) is 0 Å². The first-order chi connectivity index (χ1) is 11.8. The number of carboxylic acids is 1. The van der Waals surface area contributed by atoms with Gasteiger partial charge in [0, 0.05) is 5.97 Å². The molecule has 0 aliphatic rings. The zero-order valence-corrected chi connectivity index (χ0v) is 19.1. The van der Waals surface area contributed by atoms with Crippen molar-refractivity contribution in [3.8, 4) is 0 Å². The van der Waals surface area contributed by atoms with E-state index >= 15 is 0 Å². The molecule has 0 bridgehead atoms. The minimum absolute atomic E-state index is 0. The van der Waals surface area contributed by atoms with Gasteiger partial charge in [-0.1, -0.05) is 64.0 Å². The van der Waals surface area contributed by atoms with Crippen molar-refractivity contribution < 1.29 is 56.6 Å². The molecule has 0 unspecified atom stereocenters. The van der Waals surface area contributed by atoms with Crippen LogP contribution in [0.1, 0.15) is 90.4 Å². The first-order valence-corrected chi connectivity index (χ1v) is 10.7. The molecule has 0 spiro atoms. The number of allylic oxidation sites excluding steroid dienone is 1. The van der Waals surface area contributed by atoms with Crippen molar-refractivity contribution >= 4 is 16.4 Å². The summed E-state index contributed by atoms with van der Waals surface area (Å²) in [4.78, 5) is 10.3. The normalized spacial score (nSPS) is 12.8. The summed E-state index contributed by atoms with van der Waals surface area (Å²) in [5.41, 5.74) is 0. The Kier molecular flexibility index (Phi) is 20.1. The molecule has 0 aliphatic carbocycles. The number of carboxylic acid groups (broad SMARTS) is 1. The Bertz CT molecular complexity index is 464. The third-order valence-corrected chi connectivity index (χ3v) is 4.46. The van der Waals surface area contributed by atoms with Gasteiger partial charge < -0.3 is 14.5 Å². The van der Waals surface area contributed by atoms with E-state index in [9.17, 15) is 22.9 Å². The van der Waals surface area contributed by atoms with E-state index < -0.39 is 22.5 Å². The standard InChI is InChI=1S/C18H34O6S.Na/c1-2-3-4-11-14-17(24-25(21,22)23)15-12-9-7-5-6-8-10-13-16-18(19)20;/h9,12,17H,2-8,10-11,13-16H2,1H3,(H,19,20)(H,21,22,23);/q;+1/p-2/b12-9-;/t17-;/m1./s1. The van der Waals surface area contributed by atoms with Crippen LogP contribution in [0.2, 0.25) is 0 Å². The van der Waals surface area contributed by atoms with Crippen LogP contribution in [0.25, 0.3) is 0 Å². The van der Waals surface area contributed by atoms with E-state index in [-0.39, 0.29) is 36.0 Å². The third kappa shape index (κ3) is 22.1. The average Bonchev–Trinajstić information content (AvgIpc) is 2.51. The van der Waals surface area contributed by atoms with Crippen LogP contribution in [-0.2, 0) is 19.4 Å². The summed E-state index contributed by atoms with van der Waals surface area (Å²) in [6, 6.07) is 0. The van der Waals surface area contributed by atoms with Crippen molar-refractivity contribution in [3.63, 3.8) is 0 Å². The molecule has 0 saturated heterocycles. The summed E-state index contributed by atoms with van der Waals surface area (Å²) >= 11 is 0. The van der Waals surface area contributed by atoms with Gasteiger partial charge in [0.25, 0.3) is 0 Å². The zero-order chi connectivity index (χ0) is 19.0. The van der Waals surface area contributed by atoms with Gasteiger partial charge in [-0.2, -0.15) is 0 Å². The van der Waals surface area contributed by atoms with Gasteiger partial charge in [0.1, 0.15) is 0 Å². The van der Waals surface area contributed by atoms with Crippen molar-refractivity contribution in [1.29, 1.82) is 0 Å². The van der Waals surface area contributed by atoms with Gasteiger partial charge in [-0.05, 0) is 38.5 Å². The van der Waals surface area contributed by atoms with Crippen molar-refractivity contribution in [1.82, 2.24) is 0 Å². The molecule has 0 N–H and O–H groups in total. The number of carbonyl (C=O) groups is 1. The van der Waals surface area contributed by atoms with Crippen LogP contribution in [0, 0.1) is 0 Å². The first-order valence-electron chi connectivity index (χ1n) is 9.34. The van der Waals surface area contributed by atoms with E-state index in [2.05, 4.69) is 11.1 Å². The molecular formula is C18H32NaO6S-. The molecule has 8 heteroatoms. The van der Waals surface area contributed by atoms with Crippen molar-refractivity contribution in [2.45, 2.75) is 96.5 Å². The van der Waals surface area contributed by atoms with E-state index in [1.54, 1.807) is 0 Å². The van der Waals surface area contributed by atoms with Crippen LogP contribution in [0.5, 0.6) is 0 Å². The molecule has 0 fully saturated rings. The Morgan fingerprint density at radius 1 is 1.00 bits per heavy atom. The number of unbranched alkanes of at least 4 members (excludes halogenated alkanes) is 8. The van der Waals surface area contributed by atoms with Gasteiger partial charge in [-0.3, -0.25) is 4.18 Å². The molecule has 0 rings (SSSR count). The van der Waals surface area contributed by atoms with Crippen LogP contribution in [-0.4, -0.2) is 25.0 Å². The molecule has 6 nitrogen and oxygen atoms in total. The van der Waals surface area contributed by atoms with Crippen LogP contribution < -0.4 is 34.7 Å². The van der Waals surface area contributed by atoms with Gasteiger partial charge >= 0.3 is 29.6 Å². The summed E-state index contributed by atoms with van der Waals surface area (Å²) in [7, 11) is -4.66. The average molecular weight is 400 g/mol. The number of carbonyl (C=O) groups excluding carboxylic acids is 1. The number of hydrogen-bond donors (Lipinski definition) is 0. The Hall–Kier alpha value is 0.0800. The van der Waals surface area contributed by atoms with Crippen molar-refractivity contribution in [2.24, 2.45) is 0 Å². The Morgan fingerprint density at radius 3 is 2.23 bits per heavy atom.